The first kappa shape index (κ1) is 13.6. The van der Waals surface area contributed by atoms with Crippen LogP contribution in [0.1, 0.15) is 21.8 Å². The Morgan fingerprint density at radius 1 is 0.850 bits per heavy atom. The van der Waals surface area contributed by atoms with E-state index in [1.54, 1.807) is 0 Å². The number of phenolic OH excluding ortho intramolecular Hbond substituents is 2. The van der Waals surface area contributed by atoms with Crippen molar-refractivity contribution in [1.82, 2.24) is 0 Å². The topological polar surface area (TPSA) is 94.8 Å². The number of benzene rings is 2. The summed E-state index contributed by atoms with van der Waals surface area (Å²) < 4.78 is 0. The lowest BCUT2D eigenvalue weighted by molar-refractivity contribution is -0.137. The van der Waals surface area contributed by atoms with E-state index in [0.29, 0.717) is 0 Å². The quantitative estimate of drug-likeness (QED) is 0.585. The number of aliphatic carboxylic acids is 1. The highest BCUT2D eigenvalue weighted by atomic mass is 16.4. The van der Waals surface area contributed by atoms with E-state index in [0.717, 1.165) is 0 Å². The van der Waals surface area contributed by atoms with Crippen LogP contribution < -0.4 is 0 Å². The van der Waals surface area contributed by atoms with Crippen LogP contribution >= 0.6 is 0 Å². The molecule has 20 heavy (non-hydrogen) atoms. The van der Waals surface area contributed by atoms with Gasteiger partial charge in [-0.25, -0.2) is 0 Å². The molecule has 0 aromatic heterocycles. The van der Waals surface area contributed by atoms with Gasteiger partial charge >= 0.3 is 5.97 Å². The molecule has 0 aliphatic rings. The molecule has 5 heteroatoms. The molecule has 1 atom stereocenters. The number of ketones is 1. The van der Waals surface area contributed by atoms with Crippen molar-refractivity contribution in [2.45, 2.75) is 5.92 Å². The van der Waals surface area contributed by atoms with Gasteiger partial charge in [0.25, 0.3) is 0 Å². The summed E-state index contributed by atoms with van der Waals surface area (Å²) in [4.78, 5) is 23.7. The van der Waals surface area contributed by atoms with Crippen molar-refractivity contribution in [3.8, 4) is 11.5 Å². The number of carbonyl (C=O) groups is 2. The molecule has 0 saturated carbocycles. The lowest BCUT2D eigenvalue weighted by atomic mass is 9.89. The van der Waals surface area contributed by atoms with Gasteiger partial charge in [0.15, 0.2) is 5.78 Å². The maximum absolute atomic E-state index is 12.3. The number of carbonyl (C=O) groups excluding carboxylic acids is 1. The Kier molecular flexibility index (Phi) is 3.70. The maximum atomic E-state index is 12.3. The molecular formula is C15H12O5. The van der Waals surface area contributed by atoms with Crippen molar-refractivity contribution in [1.29, 1.82) is 0 Å². The van der Waals surface area contributed by atoms with E-state index < -0.39 is 17.7 Å². The van der Waals surface area contributed by atoms with Gasteiger partial charge in [-0.15, -0.1) is 0 Å². The third kappa shape index (κ3) is 2.47. The number of phenols is 2. The summed E-state index contributed by atoms with van der Waals surface area (Å²) in [5, 5.41) is 28.6. The van der Waals surface area contributed by atoms with Crippen LogP contribution in [0.4, 0.5) is 0 Å². The van der Waals surface area contributed by atoms with E-state index in [-0.39, 0.29) is 22.6 Å². The second-order valence-electron chi connectivity index (χ2n) is 4.21. The summed E-state index contributed by atoms with van der Waals surface area (Å²) >= 11 is 0. The predicted octanol–water partition coefficient (Wildman–Crippen LogP) is 2.15. The van der Waals surface area contributed by atoms with Crippen LogP contribution in [0.2, 0.25) is 0 Å². The van der Waals surface area contributed by atoms with Gasteiger partial charge in [0.1, 0.15) is 17.4 Å². The van der Waals surface area contributed by atoms with Crippen molar-refractivity contribution in [3.63, 3.8) is 0 Å². The van der Waals surface area contributed by atoms with Gasteiger partial charge in [-0.1, -0.05) is 30.3 Å². The van der Waals surface area contributed by atoms with E-state index in [4.69, 9.17) is 0 Å². The first-order valence-corrected chi connectivity index (χ1v) is 5.85. The monoisotopic (exact) mass is 272 g/mol. The van der Waals surface area contributed by atoms with Gasteiger partial charge < -0.3 is 15.3 Å². The number of Topliss-reactive ketones (excluding diaryl/α,β-unsaturated/α-hetero) is 1. The van der Waals surface area contributed by atoms with Gasteiger partial charge in [-0.3, -0.25) is 9.59 Å². The minimum atomic E-state index is -1.57. The van der Waals surface area contributed by atoms with Crippen LogP contribution in [-0.2, 0) is 4.79 Å². The van der Waals surface area contributed by atoms with E-state index in [1.807, 2.05) is 0 Å². The third-order valence-electron chi connectivity index (χ3n) is 2.93. The molecular weight excluding hydrogens is 260 g/mol. The second kappa shape index (κ2) is 5.44. The maximum Gasteiger partial charge on any atom is 0.319 e. The molecule has 0 heterocycles. The molecule has 3 N–H and O–H groups in total. The molecule has 0 bridgehead atoms. The van der Waals surface area contributed by atoms with Gasteiger partial charge in [0.2, 0.25) is 0 Å². The van der Waals surface area contributed by atoms with E-state index >= 15 is 0 Å². The zero-order valence-electron chi connectivity index (χ0n) is 10.4. The van der Waals surface area contributed by atoms with Gasteiger partial charge in [0.05, 0.1) is 5.56 Å². The summed E-state index contributed by atoms with van der Waals surface area (Å²) in [5.74, 6) is -4.30. The highest BCUT2D eigenvalue weighted by molar-refractivity contribution is 6.14. The Bertz CT molecular complexity index is 663. The Morgan fingerprint density at radius 2 is 1.40 bits per heavy atom. The van der Waals surface area contributed by atoms with Crippen LogP contribution in [0, 0.1) is 0 Å². The lowest BCUT2D eigenvalue weighted by Gasteiger charge is -2.13. The number of aromatic hydroxyl groups is 2. The molecule has 102 valence electrons. The number of hydrogen-bond donors (Lipinski definition) is 3. The van der Waals surface area contributed by atoms with Gasteiger partial charge in [-0.2, -0.15) is 0 Å². The molecule has 2 rings (SSSR count). The van der Waals surface area contributed by atoms with Crippen molar-refractivity contribution < 1.29 is 24.9 Å². The van der Waals surface area contributed by atoms with Gasteiger partial charge in [-0.05, 0) is 18.2 Å². The average Bonchev–Trinajstić information content (AvgIpc) is 2.41. The second-order valence-corrected chi connectivity index (χ2v) is 4.21. The number of carboxylic acid groups (broad SMARTS) is 1. The average molecular weight is 272 g/mol. The predicted molar refractivity (Wildman–Crippen MR) is 70.9 cm³/mol. The third-order valence-corrected chi connectivity index (χ3v) is 2.93. The van der Waals surface area contributed by atoms with Crippen LogP contribution in [0.5, 0.6) is 11.5 Å². The van der Waals surface area contributed by atoms with Crippen LogP contribution in [-0.4, -0.2) is 27.1 Å². The Balaban J connectivity index is 2.51. The first-order valence-electron chi connectivity index (χ1n) is 5.85. The smallest absolute Gasteiger partial charge is 0.319 e. The fourth-order valence-corrected chi connectivity index (χ4v) is 1.96. The van der Waals surface area contributed by atoms with Crippen LogP contribution in [0.3, 0.4) is 0 Å². The van der Waals surface area contributed by atoms with E-state index in [9.17, 15) is 24.9 Å². The SMILES string of the molecule is O=C(O)C(C(=O)c1ccccc1O)c1ccccc1O. The molecule has 0 saturated heterocycles. The van der Waals surface area contributed by atoms with Gasteiger partial charge in [0, 0.05) is 5.56 Å². The number of para-hydroxylation sites is 2. The van der Waals surface area contributed by atoms with Crippen molar-refractivity contribution in [2.75, 3.05) is 0 Å². The molecule has 2 aromatic rings. The molecule has 0 aliphatic heterocycles. The van der Waals surface area contributed by atoms with Crippen LogP contribution in [0.25, 0.3) is 0 Å². The lowest BCUT2D eigenvalue weighted by Crippen LogP contribution is -2.22. The van der Waals surface area contributed by atoms with Crippen LogP contribution in [0.15, 0.2) is 48.5 Å². The standard InChI is InChI=1S/C15H12O5/c16-11-7-3-1-5-9(11)13(15(19)20)14(18)10-6-2-4-8-12(10)17/h1-8,13,16-17H,(H,19,20). The molecule has 0 aliphatic carbocycles. The minimum absolute atomic E-state index is 0.00625. The van der Waals surface area contributed by atoms with E-state index in [2.05, 4.69) is 0 Å². The molecule has 2 aromatic carbocycles. The summed E-state index contributed by atoms with van der Waals surface area (Å²) in [6, 6.07) is 11.4. The molecule has 0 spiro atoms. The molecule has 0 radical (unpaired) electrons. The van der Waals surface area contributed by atoms with Crippen molar-refractivity contribution in [2.24, 2.45) is 0 Å². The Labute approximate surface area is 114 Å². The zero-order valence-corrected chi connectivity index (χ0v) is 10.4. The summed E-state index contributed by atoms with van der Waals surface area (Å²) in [7, 11) is 0. The summed E-state index contributed by atoms with van der Waals surface area (Å²) in [5.41, 5.74) is -0.101. The molecule has 5 nitrogen and oxygen atoms in total. The molecule has 0 amide bonds. The zero-order chi connectivity index (χ0) is 14.7. The molecule has 1 unspecified atom stereocenters. The first-order chi connectivity index (χ1) is 9.52. The fraction of sp³-hybridized carbons (Fsp3) is 0.0667. The largest absolute Gasteiger partial charge is 0.508 e. The molecule has 0 fully saturated rings. The summed E-state index contributed by atoms with van der Waals surface area (Å²) in [6.07, 6.45) is 0. The Morgan fingerprint density at radius 3 is 1.95 bits per heavy atom. The van der Waals surface area contributed by atoms with E-state index in [1.165, 1.54) is 48.5 Å². The van der Waals surface area contributed by atoms with Crippen molar-refractivity contribution in [3.05, 3.63) is 59.7 Å². The number of hydrogen-bond acceptors (Lipinski definition) is 4. The summed E-state index contributed by atoms with van der Waals surface area (Å²) in [6.45, 7) is 0. The van der Waals surface area contributed by atoms with Crippen molar-refractivity contribution >= 4 is 11.8 Å². The highest BCUT2D eigenvalue weighted by Crippen LogP contribution is 2.31. The number of carboxylic acids is 1. The number of rotatable bonds is 4. The Hall–Kier alpha value is -2.82. The minimum Gasteiger partial charge on any atom is -0.508 e. The fourth-order valence-electron chi connectivity index (χ4n) is 1.96. The normalized spacial score (nSPS) is 11.8. The highest BCUT2D eigenvalue weighted by Gasteiger charge is 2.32.